The summed E-state index contributed by atoms with van der Waals surface area (Å²) in [6.45, 7) is 24.5. The average molecular weight is 673 g/mol. The summed E-state index contributed by atoms with van der Waals surface area (Å²) in [4.78, 5) is 11.5. The van der Waals surface area contributed by atoms with Crippen molar-refractivity contribution in [2.75, 3.05) is 6.61 Å². The van der Waals surface area contributed by atoms with Crippen molar-refractivity contribution in [2.45, 2.75) is 179 Å². The Bertz CT molecular complexity index is 1210. The highest BCUT2D eigenvalue weighted by atomic mass is 16.5. The van der Waals surface area contributed by atoms with E-state index in [2.05, 4.69) is 111 Å². The quantitative estimate of drug-likeness (QED) is 0.0519. The predicted octanol–water partition coefficient (Wildman–Crippen LogP) is 15.3. The molecule has 276 valence electrons. The third-order valence-corrected chi connectivity index (χ3v) is 8.96. The number of ether oxygens (including phenoxy) is 1. The second-order valence-corrected chi connectivity index (χ2v) is 14.7. The van der Waals surface area contributed by atoms with Crippen molar-refractivity contribution in [2.24, 2.45) is 0 Å². The van der Waals surface area contributed by atoms with E-state index in [1.54, 1.807) is 6.08 Å². The zero-order chi connectivity index (χ0) is 36.9. The molecule has 0 aliphatic rings. The van der Waals surface area contributed by atoms with Crippen molar-refractivity contribution < 1.29 is 9.53 Å². The van der Waals surface area contributed by atoms with Crippen molar-refractivity contribution >= 4 is 5.97 Å². The molecule has 0 spiro atoms. The van der Waals surface area contributed by atoms with Crippen LogP contribution in [0.25, 0.3) is 0 Å². The van der Waals surface area contributed by atoms with Crippen LogP contribution in [0, 0.1) is 0 Å². The lowest BCUT2D eigenvalue weighted by atomic mass is 10.0. The first-order chi connectivity index (χ1) is 23.3. The van der Waals surface area contributed by atoms with Gasteiger partial charge in [0.1, 0.15) is 0 Å². The first-order valence-corrected chi connectivity index (χ1v) is 19.4. The van der Waals surface area contributed by atoms with Crippen molar-refractivity contribution in [3.05, 3.63) is 105 Å². The van der Waals surface area contributed by atoms with Crippen LogP contribution in [0.3, 0.4) is 0 Å². The van der Waals surface area contributed by atoms with Gasteiger partial charge in [-0.05, 0) is 179 Å². The molecule has 0 aliphatic heterocycles. The van der Waals surface area contributed by atoms with Gasteiger partial charge >= 0.3 is 5.97 Å². The summed E-state index contributed by atoms with van der Waals surface area (Å²) < 4.78 is 4.98. The molecule has 0 bridgehead atoms. The Labute approximate surface area is 305 Å². The van der Waals surface area contributed by atoms with Gasteiger partial charge in [0, 0.05) is 6.08 Å². The van der Waals surface area contributed by atoms with E-state index in [0.29, 0.717) is 6.61 Å². The molecule has 0 unspecified atom stereocenters. The fourth-order valence-electron chi connectivity index (χ4n) is 5.58. The highest BCUT2D eigenvalue weighted by Gasteiger charge is 1.99. The van der Waals surface area contributed by atoms with Gasteiger partial charge in [0.15, 0.2) is 0 Å². The minimum Gasteiger partial charge on any atom is -0.463 e. The Balaban J connectivity index is 4.25. The van der Waals surface area contributed by atoms with E-state index in [1.165, 1.54) is 76.7 Å². The van der Waals surface area contributed by atoms with E-state index in [4.69, 9.17) is 4.74 Å². The molecule has 0 N–H and O–H groups in total. The highest BCUT2D eigenvalue weighted by Crippen LogP contribution is 2.17. The molecule has 49 heavy (non-hydrogen) atoms. The van der Waals surface area contributed by atoms with Gasteiger partial charge in [-0.1, -0.05) is 98.8 Å². The Morgan fingerprint density at radius 3 is 0.816 bits per heavy atom. The van der Waals surface area contributed by atoms with E-state index in [0.717, 1.165) is 76.2 Å². The number of rotatable bonds is 26. The fourth-order valence-corrected chi connectivity index (χ4v) is 5.58. The van der Waals surface area contributed by atoms with Crippen LogP contribution in [0.4, 0.5) is 0 Å². The summed E-state index contributed by atoms with van der Waals surface area (Å²) in [6.07, 6.45) is 38.9. The predicted molar refractivity (Wildman–Crippen MR) is 220 cm³/mol. The molecule has 0 aromatic heterocycles. The van der Waals surface area contributed by atoms with Gasteiger partial charge in [-0.25, -0.2) is 4.79 Å². The Kier molecular flexibility index (Phi) is 28.2. The number of allylic oxidation sites excluding steroid dienone is 17. The largest absolute Gasteiger partial charge is 0.463 e. The minimum absolute atomic E-state index is 0.233. The van der Waals surface area contributed by atoms with Crippen molar-refractivity contribution in [1.82, 2.24) is 0 Å². The lowest BCUT2D eigenvalue weighted by molar-refractivity contribution is -0.137. The van der Waals surface area contributed by atoms with Crippen molar-refractivity contribution in [3.63, 3.8) is 0 Å². The molecular formula is C47H76O2. The lowest BCUT2D eigenvalue weighted by Gasteiger charge is -2.04. The van der Waals surface area contributed by atoms with E-state index in [1.807, 2.05) is 13.8 Å². The fraction of sp³-hybridized carbons (Fsp3) is 0.596. The number of carbonyl (C=O) groups excluding carboxylic acids is 1. The minimum atomic E-state index is -0.233. The molecule has 0 rings (SSSR count). The third-order valence-electron chi connectivity index (χ3n) is 8.96. The molecular weight excluding hydrogens is 597 g/mol. The van der Waals surface area contributed by atoms with Crippen LogP contribution < -0.4 is 0 Å². The SMILES string of the molecule is CCOC(=O)C=C(C)CCC=C(C)CCC=C(C)CCC=C(C)CCC=C(C)CCC=C(C)CCC=C(C)CCC=C(C)CCC=C(C)C. The molecule has 2 heteroatoms. The topological polar surface area (TPSA) is 26.3 Å². The van der Waals surface area contributed by atoms with Crippen LogP contribution in [0.2, 0.25) is 0 Å². The number of hydrogen-bond acceptors (Lipinski definition) is 2. The molecule has 0 heterocycles. The van der Waals surface area contributed by atoms with Crippen molar-refractivity contribution in [3.8, 4) is 0 Å². The summed E-state index contributed by atoms with van der Waals surface area (Å²) >= 11 is 0. The van der Waals surface area contributed by atoms with E-state index < -0.39 is 0 Å². The second-order valence-electron chi connectivity index (χ2n) is 14.7. The molecule has 2 nitrogen and oxygen atoms in total. The summed E-state index contributed by atoms with van der Waals surface area (Å²) in [7, 11) is 0. The van der Waals surface area contributed by atoms with Crippen molar-refractivity contribution in [1.29, 1.82) is 0 Å². The van der Waals surface area contributed by atoms with Crippen LogP contribution in [-0.2, 0) is 9.53 Å². The standard InChI is InChI=1S/C47H76O2/c1-12-49-47(48)37-46(11)36-20-35-45(10)34-19-33-44(9)32-18-31-43(8)30-17-29-42(7)28-16-27-41(6)26-15-25-40(5)24-14-23-39(4)22-13-21-38(2)3/h21,23,25,27,29,31,33,35,37H,12-20,22,24,26,28,30,32,34,36H2,1-11H3. The zero-order valence-electron chi connectivity index (χ0n) is 34.0. The molecule has 0 aromatic rings. The van der Waals surface area contributed by atoms with Crippen LogP contribution in [0.5, 0.6) is 0 Å². The van der Waals surface area contributed by atoms with E-state index in [-0.39, 0.29) is 5.97 Å². The number of carbonyl (C=O) groups is 1. The molecule has 0 fully saturated rings. The third kappa shape index (κ3) is 30.9. The van der Waals surface area contributed by atoms with Crippen LogP contribution in [0.15, 0.2) is 105 Å². The lowest BCUT2D eigenvalue weighted by Crippen LogP contribution is -2.00. The Hall–Kier alpha value is -2.87. The molecule has 0 aromatic carbocycles. The van der Waals surface area contributed by atoms with E-state index in [9.17, 15) is 4.79 Å². The van der Waals surface area contributed by atoms with E-state index >= 15 is 0 Å². The molecule has 0 radical (unpaired) electrons. The smallest absolute Gasteiger partial charge is 0.330 e. The molecule has 0 saturated heterocycles. The summed E-state index contributed by atoms with van der Waals surface area (Å²) in [5.74, 6) is -0.233. The zero-order valence-corrected chi connectivity index (χ0v) is 34.0. The van der Waals surface area contributed by atoms with Gasteiger partial charge in [-0.15, -0.1) is 0 Å². The first kappa shape index (κ1) is 46.1. The number of esters is 1. The summed E-state index contributed by atoms with van der Waals surface area (Å²) in [5, 5.41) is 0. The Morgan fingerprint density at radius 1 is 0.367 bits per heavy atom. The van der Waals surface area contributed by atoms with Crippen LogP contribution in [0.1, 0.15) is 179 Å². The maximum atomic E-state index is 11.5. The molecule has 0 amide bonds. The van der Waals surface area contributed by atoms with Gasteiger partial charge in [-0.2, -0.15) is 0 Å². The Morgan fingerprint density at radius 2 is 0.592 bits per heavy atom. The van der Waals surface area contributed by atoms with Crippen LogP contribution in [-0.4, -0.2) is 12.6 Å². The van der Waals surface area contributed by atoms with Crippen LogP contribution >= 0.6 is 0 Å². The molecule has 0 aliphatic carbocycles. The monoisotopic (exact) mass is 673 g/mol. The summed E-state index contributed by atoms with van der Waals surface area (Å²) in [5.41, 5.74) is 13.0. The first-order valence-electron chi connectivity index (χ1n) is 19.4. The van der Waals surface area contributed by atoms with Gasteiger partial charge in [0.2, 0.25) is 0 Å². The highest BCUT2D eigenvalue weighted by molar-refractivity contribution is 5.82. The van der Waals surface area contributed by atoms with Gasteiger partial charge in [0.25, 0.3) is 0 Å². The normalized spacial score (nSPS) is 14.4. The molecule has 0 atom stereocenters. The maximum absolute atomic E-state index is 11.5. The number of hydrogen-bond donors (Lipinski definition) is 0. The summed E-state index contributed by atoms with van der Waals surface area (Å²) in [6, 6.07) is 0. The van der Waals surface area contributed by atoms with Gasteiger partial charge < -0.3 is 4.74 Å². The van der Waals surface area contributed by atoms with Gasteiger partial charge in [0.05, 0.1) is 6.61 Å². The second kappa shape index (κ2) is 30.0. The maximum Gasteiger partial charge on any atom is 0.330 e. The average Bonchev–Trinajstić information content (AvgIpc) is 3.01. The molecule has 0 saturated carbocycles. The van der Waals surface area contributed by atoms with Gasteiger partial charge in [-0.3, -0.25) is 0 Å².